The first-order valence-electron chi connectivity index (χ1n) is 7.99. The molecular weight excluding hydrogens is 324 g/mol. The summed E-state index contributed by atoms with van der Waals surface area (Å²) in [7, 11) is 0. The normalized spacial score (nSPS) is 14.9. The van der Waals surface area contributed by atoms with Crippen LogP contribution in [0.5, 0.6) is 0 Å². The summed E-state index contributed by atoms with van der Waals surface area (Å²) in [6, 6.07) is 7.87. The molecule has 0 aromatic heterocycles. The third-order valence-electron chi connectivity index (χ3n) is 3.95. The van der Waals surface area contributed by atoms with E-state index in [1.54, 1.807) is 0 Å². The van der Waals surface area contributed by atoms with E-state index < -0.39 is 5.60 Å². The monoisotopic (exact) mass is 350 g/mol. The van der Waals surface area contributed by atoms with Crippen molar-refractivity contribution >= 4 is 15.9 Å². The van der Waals surface area contributed by atoms with Gasteiger partial charge in [0.1, 0.15) is 5.60 Å². The lowest BCUT2D eigenvalue weighted by Gasteiger charge is -2.29. The topological polar surface area (TPSA) is 20.2 Å². The standard InChI is InChI=1S/C19H27BrO/c1-4-6-7-8-9-10-11-16(5-2)19(3,21)17-12-14-18(20)15-13-17/h12-16,21H,4-9H2,1-3H3. The summed E-state index contributed by atoms with van der Waals surface area (Å²) < 4.78 is 1.03. The van der Waals surface area contributed by atoms with Crippen LogP contribution in [0.15, 0.2) is 28.7 Å². The Hall–Kier alpha value is -0.780. The van der Waals surface area contributed by atoms with Crippen molar-refractivity contribution in [2.45, 2.75) is 64.9 Å². The molecule has 0 aliphatic rings. The first-order chi connectivity index (χ1) is 10.0. The zero-order valence-corrected chi connectivity index (χ0v) is 15.0. The van der Waals surface area contributed by atoms with Crippen LogP contribution < -0.4 is 0 Å². The second kappa shape index (κ2) is 9.28. The Morgan fingerprint density at radius 2 is 1.81 bits per heavy atom. The van der Waals surface area contributed by atoms with Crippen LogP contribution in [0.25, 0.3) is 0 Å². The molecule has 0 heterocycles. The van der Waals surface area contributed by atoms with Gasteiger partial charge in [-0.2, -0.15) is 0 Å². The SMILES string of the molecule is CCCCCCC#CC(CC)C(C)(O)c1ccc(Br)cc1. The molecule has 1 nitrogen and oxygen atoms in total. The lowest BCUT2D eigenvalue weighted by atomic mass is 9.81. The Balaban J connectivity index is 2.69. The molecule has 2 unspecified atom stereocenters. The number of halogens is 1. The van der Waals surface area contributed by atoms with Gasteiger partial charge in [0.25, 0.3) is 0 Å². The lowest BCUT2D eigenvalue weighted by molar-refractivity contribution is 0.0158. The molecule has 0 saturated heterocycles. The van der Waals surface area contributed by atoms with E-state index >= 15 is 0 Å². The summed E-state index contributed by atoms with van der Waals surface area (Å²) in [5.41, 5.74) is 0.0316. The van der Waals surface area contributed by atoms with E-state index in [2.05, 4.69) is 41.6 Å². The highest BCUT2D eigenvalue weighted by Crippen LogP contribution is 2.32. The van der Waals surface area contributed by atoms with Crippen molar-refractivity contribution in [1.82, 2.24) is 0 Å². The molecule has 0 saturated carbocycles. The molecule has 2 heteroatoms. The number of benzene rings is 1. The van der Waals surface area contributed by atoms with Crippen molar-refractivity contribution in [1.29, 1.82) is 0 Å². The van der Waals surface area contributed by atoms with E-state index in [9.17, 15) is 5.11 Å². The molecule has 1 aromatic rings. The molecule has 0 aliphatic heterocycles. The Morgan fingerprint density at radius 1 is 1.14 bits per heavy atom. The molecule has 116 valence electrons. The molecular formula is C19H27BrO. The predicted octanol–water partition coefficient (Wildman–Crippen LogP) is 5.66. The third kappa shape index (κ3) is 5.85. The van der Waals surface area contributed by atoms with Gasteiger partial charge in [-0.1, -0.05) is 67.1 Å². The van der Waals surface area contributed by atoms with Crippen molar-refractivity contribution in [3.63, 3.8) is 0 Å². The van der Waals surface area contributed by atoms with Gasteiger partial charge >= 0.3 is 0 Å². The smallest absolute Gasteiger partial charge is 0.100 e. The second-order valence-electron chi connectivity index (χ2n) is 5.75. The Bertz CT molecular complexity index is 465. The summed E-state index contributed by atoms with van der Waals surface area (Å²) in [5.74, 6) is 6.53. The van der Waals surface area contributed by atoms with E-state index in [0.717, 1.165) is 29.3 Å². The van der Waals surface area contributed by atoms with Crippen LogP contribution in [-0.2, 0) is 5.60 Å². The molecule has 0 amide bonds. The van der Waals surface area contributed by atoms with Gasteiger partial charge in [0.2, 0.25) is 0 Å². The number of hydrogen-bond donors (Lipinski definition) is 1. The lowest BCUT2D eigenvalue weighted by Crippen LogP contribution is -2.30. The Morgan fingerprint density at radius 3 is 2.38 bits per heavy atom. The second-order valence-corrected chi connectivity index (χ2v) is 6.66. The van der Waals surface area contributed by atoms with Gasteiger partial charge in [-0.25, -0.2) is 0 Å². The fraction of sp³-hybridized carbons (Fsp3) is 0.579. The minimum Gasteiger partial charge on any atom is -0.384 e. The van der Waals surface area contributed by atoms with Crippen LogP contribution in [-0.4, -0.2) is 5.11 Å². The number of unbranched alkanes of at least 4 members (excludes halogenated alkanes) is 4. The minimum atomic E-state index is -0.897. The molecule has 21 heavy (non-hydrogen) atoms. The first kappa shape index (κ1) is 18.3. The van der Waals surface area contributed by atoms with Crippen molar-refractivity contribution in [3.05, 3.63) is 34.3 Å². The van der Waals surface area contributed by atoms with Crippen molar-refractivity contribution in [3.8, 4) is 11.8 Å². The molecule has 1 N–H and O–H groups in total. The van der Waals surface area contributed by atoms with Crippen LogP contribution in [0, 0.1) is 17.8 Å². The molecule has 0 bridgehead atoms. The van der Waals surface area contributed by atoms with Gasteiger partial charge < -0.3 is 5.11 Å². The maximum absolute atomic E-state index is 10.9. The number of rotatable bonds is 7. The van der Waals surface area contributed by atoms with Gasteiger partial charge in [0, 0.05) is 10.9 Å². The average molecular weight is 351 g/mol. The fourth-order valence-electron chi connectivity index (χ4n) is 2.46. The molecule has 1 rings (SSSR count). The first-order valence-corrected chi connectivity index (χ1v) is 8.78. The number of hydrogen-bond acceptors (Lipinski definition) is 1. The van der Waals surface area contributed by atoms with Crippen LogP contribution in [0.3, 0.4) is 0 Å². The van der Waals surface area contributed by atoms with Crippen molar-refractivity contribution < 1.29 is 5.11 Å². The maximum atomic E-state index is 10.9. The van der Waals surface area contributed by atoms with Crippen LogP contribution in [0.1, 0.15) is 64.9 Å². The maximum Gasteiger partial charge on any atom is 0.100 e. The van der Waals surface area contributed by atoms with Crippen molar-refractivity contribution in [2.24, 2.45) is 5.92 Å². The van der Waals surface area contributed by atoms with Crippen LogP contribution in [0.2, 0.25) is 0 Å². The molecule has 1 aromatic carbocycles. The van der Waals surface area contributed by atoms with E-state index in [4.69, 9.17) is 0 Å². The Kier molecular flexibility index (Phi) is 8.07. The quantitative estimate of drug-likeness (QED) is 0.497. The summed E-state index contributed by atoms with van der Waals surface area (Å²) in [6.07, 6.45) is 6.75. The highest BCUT2D eigenvalue weighted by atomic mass is 79.9. The molecule has 0 radical (unpaired) electrons. The van der Waals surface area contributed by atoms with Crippen molar-refractivity contribution in [2.75, 3.05) is 0 Å². The number of aliphatic hydroxyl groups is 1. The Labute approximate surface area is 138 Å². The van der Waals surface area contributed by atoms with Gasteiger partial charge in [-0.05, 0) is 37.5 Å². The van der Waals surface area contributed by atoms with Gasteiger partial charge in [0.15, 0.2) is 0 Å². The van der Waals surface area contributed by atoms with Gasteiger partial charge in [-0.15, -0.1) is 5.92 Å². The average Bonchev–Trinajstić information content (AvgIpc) is 2.46. The van der Waals surface area contributed by atoms with Gasteiger partial charge in [-0.3, -0.25) is 0 Å². The largest absolute Gasteiger partial charge is 0.384 e. The highest BCUT2D eigenvalue weighted by molar-refractivity contribution is 9.10. The molecule has 0 aliphatic carbocycles. The van der Waals surface area contributed by atoms with E-state index in [0.29, 0.717) is 0 Å². The summed E-state index contributed by atoms with van der Waals surface area (Å²) in [5, 5.41) is 10.9. The third-order valence-corrected chi connectivity index (χ3v) is 4.48. The molecule has 2 atom stereocenters. The fourth-order valence-corrected chi connectivity index (χ4v) is 2.73. The highest BCUT2D eigenvalue weighted by Gasteiger charge is 2.31. The zero-order valence-electron chi connectivity index (χ0n) is 13.5. The van der Waals surface area contributed by atoms with E-state index in [1.807, 2.05) is 31.2 Å². The predicted molar refractivity (Wildman–Crippen MR) is 94.0 cm³/mol. The summed E-state index contributed by atoms with van der Waals surface area (Å²) >= 11 is 3.43. The van der Waals surface area contributed by atoms with E-state index in [1.165, 1.54) is 19.3 Å². The summed E-state index contributed by atoms with van der Waals surface area (Å²) in [6.45, 7) is 6.17. The summed E-state index contributed by atoms with van der Waals surface area (Å²) in [4.78, 5) is 0. The zero-order chi connectivity index (χ0) is 15.7. The van der Waals surface area contributed by atoms with Gasteiger partial charge in [0.05, 0.1) is 5.92 Å². The molecule has 0 spiro atoms. The van der Waals surface area contributed by atoms with Crippen LogP contribution in [0.4, 0.5) is 0 Å². The minimum absolute atomic E-state index is 0.0233. The molecule has 0 fully saturated rings. The van der Waals surface area contributed by atoms with E-state index in [-0.39, 0.29) is 5.92 Å². The van der Waals surface area contributed by atoms with Crippen LogP contribution >= 0.6 is 15.9 Å².